The first kappa shape index (κ1) is 27.4. The number of carbonyl (C=O) groups is 2. The van der Waals surface area contributed by atoms with Crippen LogP contribution in [0, 0.1) is 20.8 Å². The molecule has 0 aliphatic carbocycles. The summed E-state index contributed by atoms with van der Waals surface area (Å²) >= 11 is 0. The van der Waals surface area contributed by atoms with Crippen LogP contribution in [0.5, 0.6) is 0 Å². The summed E-state index contributed by atoms with van der Waals surface area (Å²) in [5.74, 6) is -0.399. The van der Waals surface area contributed by atoms with E-state index in [1.54, 1.807) is 17.9 Å². The van der Waals surface area contributed by atoms with Crippen LogP contribution in [0.15, 0.2) is 42.5 Å². The van der Waals surface area contributed by atoms with Gasteiger partial charge < -0.3 is 10.2 Å². The first-order valence-corrected chi connectivity index (χ1v) is 13.5. The summed E-state index contributed by atoms with van der Waals surface area (Å²) in [5, 5.41) is 2.78. The molecule has 2 rings (SSSR count). The molecule has 34 heavy (non-hydrogen) atoms. The van der Waals surface area contributed by atoms with Crippen LogP contribution >= 0.6 is 0 Å². The minimum atomic E-state index is -3.51. The number of likely N-dealkylation sites (N-methyl/N-ethyl adjacent to an activating group) is 1. The van der Waals surface area contributed by atoms with Crippen molar-refractivity contribution in [1.82, 2.24) is 10.2 Å². The Hall–Kier alpha value is -2.87. The second-order valence-electron chi connectivity index (χ2n) is 8.79. The topological polar surface area (TPSA) is 86.8 Å². The molecule has 0 heterocycles. The molecule has 0 radical (unpaired) electrons. The van der Waals surface area contributed by atoms with E-state index in [4.69, 9.17) is 0 Å². The van der Waals surface area contributed by atoms with E-state index < -0.39 is 16.1 Å². The standard InChI is InChI=1S/C26H37N3O4S/c1-7-27-26(31)22(5)28(18-23-13-10-19(2)11-14-23)25(30)9-8-16-29(34(6,32)33)24-15-12-20(3)21(4)17-24/h10-15,17,22H,7-9,16,18H2,1-6H3,(H,27,31)/t22-/m0/s1. The minimum absolute atomic E-state index is 0.131. The van der Waals surface area contributed by atoms with Gasteiger partial charge in [0.05, 0.1) is 11.9 Å². The quantitative estimate of drug-likeness (QED) is 0.523. The zero-order chi connectivity index (χ0) is 25.5. The van der Waals surface area contributed by atoms with Crippen molar-refractivity contribution in [2.75, 3.05) is 23.7 Å². The lowest BCUT2D eigenvalue weighted by Gasteiger charge is -2.29. The van der Waals surface area contributed by atoms with Gasteiger partial charge >= 0.3 is 0 Å². The number of amides is 2. The van der Waals surface area contributed by atoms with Gasteiger partial charge in [-0.25, -0.2) is 8.42 Å². The van der Waals surface area contributed by atoms with Gasteiger partial charge in [-0.1, -0.05) is 35.9 Å². The first-order valence-electron chi connectivity index (χ1n) is 11.6. The third-order valence-corrected chi connectivity index (χ3v) is 7.12. The molecule has 0 aliphatic rings. The van der Waals surface area contributed by atoms with Crippen molar-refractivity contribution in [3.05, 3.63) is 64.7 Å². The van der Waals surface area contributed by atoms with Gasteiger partial charge in [-0.05, 0) is 69.9 Å². The highest BCUT2D eigenvalue weighted by Gasteiger charge is 2.26. The average molecular weight is 488 g/mol. The third-order valence-electron chi connectivity index (χ3n) is 5.92. The van der Waals surface area contributed by atoms with E-state index in [0.29, 0.717) is 25.2 Å². The fourth-order valence-corrected chi connectivity index (χ4v) is 4.64. The Morgan fingerprint density at radius 1 is 1.00 bits per heavy atom. The minimum Gasteiger partial charge on any atom is -0.355 e. The zero-order valence-electron chi connectivity index (χ0n) is 21.1. The van der Waals surface area contributed by atoms with Crippen LogP contribution in [-0.4, -0.2) is 50.5 Å². The molecule has 186 valence electrons. The zero-order valence-corrected chi connectivity index (χ0v) is 21.9. The predicted octanol–water partition coefficient (Wildman–Crippen LogP) is 3.71. The molecule has 2 aromatic carbocycles. The number of benzene rings is 2. The van der Waals surface area contributed by atoms with Crippen LogP contribution in [0.2, 0.25) is 0 Å². The Balaban J connectivity index is 2.16. The Labute approximate surface area is 204 Å². The second-order valence-corrected chi connectivity index (χ2v) is 10.7. The van der Waals surface area contributed by atoms with Gasteiger partial charge in [-0.15, -0.1) is 0 Å². The number of hydrogen-bond acceptors (Lipinski definition) is 4. The summed E-state index contributed by atoms with van der Waals surface area (Å²) in [6.45, 7) is 10.4. The molecule has 2 amide bonds. The van der Waals surface area contributed by atoms with Gasteiger partial charge in [0.1, 0.15) is 6.04 Å². The monoisotopic (exact) mass is 487 g/mol. The molecule has 0 spiro atoms. The molecule has 0 saturated heterocycles. The van der Waals surface area contributed by atoms with Gasteiger partial charge in [0.2, 0.25) is 21.8 Å². The maximum atomic E-state index is 13.2. The number of nitrogens with one attached hydrogen (secondary N) is 1. The predicted molar refractivity (Wildman–Crippen MR) is 137 cm³/mol. The van der Waals surface area contributed by atoms with E-state index in [9.17, 15) is 18.0 Å². The lowest BCUT2D eigenvalue weighted by molar-refractivity contribution is -0.140. The fourth-order valence-electron chi connectivity index (χ4n) is 3.68. The van der Waals surface area contributed by atoms with Crippen molar-refractivity contribution in [2.45, 2.75) is 60.0 Å². The van der Waals surface area contributed by atoms with E-state index in [1.165, 1.54) is 10.6 Å². The summed E-state index contributed by atoms with van der Waals surface area (Å²) in [7, 11) is -3.51. The summed E-state index contributed by atoms with van der Waals surface area (Å²) in [6, 6.07) is 12.7. The maximum absolute atomic E-state index is 13.2. The van der Waals surface area contributed by atoms with Crippen molar-refractivity contribution in [1.29, 1.82) is 0 Å². The first-order chi connectivity index (χ1) is 15.9. The van der Waals surface area contributed by atoms with Crippen LogP contribution in [0.25, 0.3) is 0 Å². The summed E-state index contributed by atoms with van der Waals surface area (Å²) < 4.78 is 26.2. The van der Waals surface area contributed by atoms with Crippen LogP contribution in [0.1, 0.15) is 48.9 Å². The van der Waals surface area contributed by atoms with Gasteiger partial charge in [-0.3, -0.25) is 13.9 Å². The molecule has 0 saturated carbocycles. The van der Waals surface area contributed by atoms with Crippen LogP contribution in [0.4, 0.5) is 5.69 Å². The van der Waals surface area contributed by atoms with Crippen LogP contribution < -0.4 is 9.62 Å². The van der Waals surface area contributed by atoms with Gasteiger partial charge in [0.25, 0.3) is 0 Å². The third kappa shape index (κ3) is 7.58. The fraction of sp³-hybridized carbons (Fsp3) is 0.462. The number of aryl methyl sites for hydroxylation is 3. The number of hydrogen-bond donors (Lipinski definition) is 1. The number of rotatable bonds is 11. The van der Waals surface area contributed by atoms with E-state index in [1.807, 2.05) is 64.1 Å². The molecule has 2 aromatic rings. The number of anilines is 1. The molecule has 1 N–H and O–H groups in total. The van der Waals surface area contributed by atoms with Gasteiger partial charge in [0, 0.05) is 26.1 Å². The molecule has 1 atom stereocenters. The average Bonchev–Trinajstić information content (AvgIpc) is 2.77. The molecule has 0 bridgehead atoms. The second kappa shape index (κ2) is 12.0. The Morgan fingerprint density at radius 3 is 2.21 bits per heavy atom. The molecule has 0 aromatic heterocycles. The van der Waals surface area contributed by atoms with Crippen LogP contribution in [0.3, 0.4) is 0 Å². The highest BCUT2D eigenvalue weighted by Crippen LogP contribution is 2.22. The van der Waals surface area contributed by atoms with E-state index in [2.05, 4.69) is 5.32 Å². The lowest BCUT2D eigenvalue weighted by atomic mass is 10.1. The van der Waals surface area contributed by atoms with Crippen molar-refractivity contribution >= 4 is 27.5 Å². The van der Waals surface area contributed by atoms with Crippen molar-refractivity contribution in [3.8, 4) is 0 Å². The molecule has 7 nitrogen and oxygen atoms in total. The molecule has 0 fully saturated rings. The Bertz CT molecular complexity index is 1100. The van der Waals surface area contributed by atoms with Crippen molar-refractivity contribution in [3.63, 3.8) is 0 Å². The SMILES string of the molecule is CCNC(=O)[C@H](C)N(Cc1ccc(C)cc1)C(=O)CCCN(c1ccc(C)c(C)c1)S(C)(=O)=O. The molecule has 8 heteroatoms. The summed E-state index contributed by atoms with van der Waals surface area (Å²) in [4.78, 5) is 27.3. The van der Waals surface area contributed by atoms with E-state index in [0.717, 1.165) is 22.3 Å². The lowest BCUT2D eigenvalue weighted by Crippen LogP contribution is -2.47. The summed E-state index contributed by atoms with van der Waals surface area (Å²) in [6.07, 6.45) is 1.64. The highest BCUT2D eigenvalue weighted by molar-refractivity contribution is 7.92. The Kier molecular flexibility index (Phi) is 9.67. The maximum Gasteiger partial charge on any atom is 0.242 e. The highest BCUT2D eigenvalue weighted by atomic mass is 32.2. The molecule has 0 unspecified atom stereocenters. The van der Waals surface area contributed by atoms with Crippen LogP contribution in [-0.2, 0) is 26.2 Å². The van der Waals surface area contributed by atoms with E-state index >= 15 is 0 Å². The molecule has 0 aliphatic heterocycles. The normalized spacial score (nSPS) is 12.2. The Morgan fingerprint density at radius 2 is 1.65 bits per heavy atom. The number of carbonyl (C=O) groups excluding carboxylic acids is 2. The summed E-state index contributed by atoms with van der Waals surface area (Å²) in [5.41, 5.74) is 4.72. The van der Waals surface area contributed by atoms with Gasteiger partial charge in [-0.2, -0.15) is 0 Å². The van der Waals surface area contributed by atoms with Gasteiger partial charge in [0.15, 0.2) is 0 Å². The number of nitrogens with zero attached hydrogens (tertiary/aromatic N) is 2. The molecular weight excluding hydrogens is 450 g/mol. The smallest absolute Gasteiger partial charge is 0.242 e. The largest absolute Gasteiger partial charge is 0.355 e. The van der Waals surface area contributed by atoms with Crippen molar-refractivity contribution in [2.24, 2.45) is 0 Å². The molecular formula is C26H37N3O4S. The van der Waals surface area contributed by atoms with E-state index in [-0.39, 0.29) is 24.8 Å². The number of sulfonamides is 1. The van der Waals surface area contributed by atoms with Crippen molar-refractivity contribution < 1.29 is 18.0 Å².